The second-order valence-electron chi connectivity index (χ2n) is 2.97. The molecule has 0 unspecified atom stereocenters. The third-order valence-corrected chi connectivity index (χ3v) is 3.20. The molecule has 0 atom stereocenters. The van der Waals surface area contributed by atoms with E-state index in [0.29, 0.717) is 4.90 Å². The molecule has 0 heterocycles. The predicted molar refractivity (Wildman–Crippen MR) is 49.0 cm³/mol. The summed E-state index contributed by atoms with van der Waals surface area (Å²) in [6.07, 6.45) is 1.23. The molecule has 0 N–H and O–H groups in total. The summed E-state index contributed by atoms with van der Waals surface area (Å²) in [7, 11) is -3.06. The van der Waals surface area contributed by atoms with Crippen molar-refractivity contribution in [2.24, 2.45) is 0 Å². The van der Waals surface area contributed by atoms with Crippen LogP contribution in [0.25, 0.3) is 0 Å². The Labute approximate surface area is 73.2 Å². The van der Waals surface area contributed by atoms with Crippen molar-refractivity contribution in [3.8, 4) is 0 Å². The number of aryl methyl sites for hydroxylation is 1. The Morgan fingerprint density at radius 3 is 2.17 bits per heavy atom. The number of hydrogen-bond acceptors (Lipinski definition) is 2. The quantitative estimate of drug-likeness (QED) is 0.665. The van der Waals surface area contributed by atoms with Crippen LogP contribution in [0.4, 0.5) is 0 Å². The van der Waals surface area contributed by atoms with E-state index in [1.165, 1.54) is 6.26 Å². The summed E-state index contributed by atoms with van der Waals surface area (Å²) in [5.74, 6) is 0. The zero-order chi connectivity index (χ0) is 9.35. The van der Waals surface area contributed by atoms with Crippen molar-refractivity contribution in [3.05, 3.63) is 29.3 Å². The highest BCUT2D eigenvalue weighted by Gasteiger charge is 2.10. The SMILES string of the molecule is Cc1cccc(S(C)(=O)=O)c1C. The maximum atomic E-state index is 11.2. The standard InChI is InChI=1S/C9H12O2S/c1-7-5-4-6-9(8(7)2)12(3,10)11/h4-6H,1-3H3. The van der Waals surface area contributed by atoms with E-state index < -0.39 is 9.84 Å². The van der Waals surface area contributed by atoms with Crippen LogP contribution in [0.1, 0.15) is 11.1 Å². The van der Waals surface area contributed by atoms with Crippen LogP contribution in [0.2, 0.25) is 0 Å². The van der Waals surface area contributed by atoms with E-state index in [1.54, 1.807) is 12.1 Å². The summed E-state index contributed by atoms with van der Waals surface area (Å²) in [6, 6.07) is 5.31. The number of sulfone groups is 1. The van der Waals surface area contributed by atoms with Crippen LogP contribution < -0.4 is 0 Å². The Balaban J connectivity index is 3.47. The van der Waals surface area contributed by atoms with Crippen molar-refractivity contribution in [1.82, 2.24) is 0 Å². The smallest absolute Gasteiger partial charge is 0.175 e. The van der Waals surface area contributed by atoms with Gasteiger partial charge in [-0.1, -0.05) is 12.1 Å². The van der Waals surface area contributed by atoms with Crippen molar-refractivity contribution in [2.45, 2.75) is 18.7 Å². The molecule has 0 fully saturated rings. The van der Waals surface area contributed by atoms with Gasteiger partial charge in [-0.3, -0.25) is 0 Å². The fourth-order valence-electron chi connectivity index (χ4n) is 1.13. The number of hydrogen-bond donors (Lipinski definition) is 0. The first-order valence-corrected chi connectivity index (χ1v) is 5.58. The van der Waals surface area contributed by atoms with E-state index in [2.05, 4.69) is 0 Å². The van der Waals surface area contributed by atoms with E-state index in [0.717, 1.165) is 11.1 Å². The van der Waals surface area contributed by atoms with Crippen LogP contribution in [-0.4, -0.2) is 14.7 Å². The minimum Gasteiger partial charge on any atom is -0.224 e. The van der Waals surface area contributed by atoms with Crippen molar-refractivity contribution in [1.29, 1.82) is 0 Å². The molecule has 0 bridgehead atoms. The van der Waals surface area contributed by atoms with Crippen molar-refractivity contribution in [2.75, 3.05) is 6.26 Å². The highest BCUT2D eigenvalue weighted by molar-refractivity contribution is 7.90. The van der Waals surface area contributed by atoms with Crippen LogP contribution in [0.5, 0.6) is 0 Å². The van der Waals surface area contributed by atoms with E-state index in [1.807, 2.05) is 19.9 Å². The summed E-state index contributed by atoms with van der Waals surface area (Å²) >= 11 is 0. The van der Waals surface area contributed by atoms with Gasteiger partial charge in [0.2, 0.25) is 0 Å². The zero-order valence-electron chi connectivity index (χ0n) is 7.46. The summed E-state index contributed by atoms with van der Waals surface area (Å²) < 4.78 is 22.4. The van der Waals surface area contributed by atoms with Crippen LogP contribution >= 0.6 is 0 Å². The number of benzene rings is 1. The maximum Gasteiger partial charge on any atom is 0.175 e. The van der Waals surface area contributed by atoms with Gasteiger partial charge in [-0.2, -0.15) is 0 Å². The second-order valence-corrected chi connectivity index (χ2v) is 4.95. The van der Waals surface area contributed by atoms with Crippen molar-refractivity contribution >= 4 is 9.84 Å². The summed E-state index contributed by atoms with van der Waals surface area (Å²) in [5, 5.41) is 0. The maximum absolute atomic E-state index is 11.2. The Kier molecular flexibility index (Phi) is 2.24. The molecule has 0 saturated carbocycles. The Hall–Kier alpha value is -0.830. The third kappa shape index (κ3) is 1.67. The molecule has 0 aliphatic carbocycles. The highest BCUT2D eigenvalue weighted by atomic mass is 32.2. The third-order valence-electron chi connectivity index (χ3n) is 1.95. The molecular weight excluding hydrogens is 172 g/mol. The van der Waals surface area contributed by atoms with Crippen molar-refractivity contribution in [3.63, 3.8) is 0 Å². The molecule has 0 aliphatic rings. The van der Waals surface area contributed by atoms with Crippen LogP contribution in [0.15, 0.2) is 23.1 Å². The van der Waals surface area contributed by atoms with Gasteiger partial charge in [-0.15, -0.1) is 0 Å². The Bertz CT molecular complexity index is 391. The fraction of sp³-hybridized carbons (Fsp3) is 0.333. The lowest BCUT2D eigenvalue weighted by Gasteiger charge is -2.05. The molecule has 0 aliphatic heterocycles. The summed E-state index contributed by atoms with van der Waals surface area (Å²) in [4.78, 5) is 0.433. The van der Waals surface area contributed by atoms with Gasteiger partial charge >= 0.3 is 0 Å². The van der Waals surface area contributed by atoms with Crippen LogP contribution in [0, 0.1) is 13.8 Å². The molecule has 0 aromatic heterocycles. The monoisotopic (exact) mass is 184 g/mol. The molecule has 1 aromatic carbocycles. The largest absolute Gasteiger partial charge is 0.224 e. The van der Waals surface area contributed by atoms with Gasteiger partial charge in [0.15, 0.2) is 9.84 Å². The molecule has 66 valence electrons. The average Bonchev–Trinajstić information content (AvgIpc) is 1.92. The number of rotatable bonds is 1. The molecule has 12 heavy (non-hydrogen) atoms. The highest BCUT2D eigenvalue weighted by Crippen LogP contribution is 2.17. The molecule has 0 radical (unpaired) electrons. The molecule has 2 nitrogen and oxygen atoms in total. The lowest BCUT2D eigenvalue weighted by molar-refractivity contribution is 0.601. The molecule has 0 spiro atoms. The van der Waals surface area contributed by atoms with Gasteiger partial charge in [0.1, 0.15) is 0 Å². The van der Waals surface area contributed by atoms with Gasteiger partial charge in [-0.25, -0.2) is 8.42 Å². The lowest BCUT2D eigenvalue weighted by Crippen LogP contribution is -2.00. The Morgan fingerprint density at radius 2 is 1.75 bits per heavy atom. The van der Waals surface area contributed by atoms with Gasteiger partial charge in [0, 0.05) is 6.26 Å². The topological polar surface area (TPSA) is 34.1 Å². The lowest BCUT2D eigenvalue weighted by atomic mass is 10.1. The molecular formula is C9H12O2S. The van der Waals surface area contributed by atoms with Gasteiger partial charge in [0.05, 0.1) is 4.90 Å². The van der Waals surface area contributed by atoms with E-state index in [9.17, 15) is 8.42 Å². The molecule has 1 aromatic rings. The predicted octanol–water partition coefficient (Wildman–Crippen LogP) is 1.71. The Morgan fingerprint density at radius 1 is 1.17 bits per heavy atom. The summed E-state index contributed by atoms with van der Waals surface area (Å²) in [6.45, 7) is 3.73. The van der Waals surface area contributed by atoms with Gasteiger partial charge in [0.25, 0.3) is 0 Å². The van der Waals surface area contributed by atoms with Gasteiger partial charge in [-0.05, 0) is 31.0 Å². The minimum absolute atomic E-state index is 0.433. The summed E-state index contributed by atoms with van der Waals surface area (Å²) in [5.41, 5.74) is 1.86. The van der Waals surface area contributed by atoms with Gasteiger partial charge < -0.3 is 0 Å². The first-order chi connectivity index (χ1) is 5.43. The molecule has 0 saturated heterocycles. The zero-order valence-corrected chi connectivity index (χ0v) is 8.27. The first-order valence-electron chi connectivity index (χ1n) is 3.69. The van der Waals surface area contributed by atoms with E-state index in [-0.39, 0.29) is 0 Å². The first kappa shape index (κ1) is 9.26. The average molecular weight is 184 g/mol. The second kappa shape index (κ2) is 2.90. The van der Waals surface area contributed by atoms with Crippen molar-refractivity contribution < 1.29 is 8.42 Å². The fourth-order valence-corrected chi connectivity index (χ4v) is 2.17. The molecule has 1 rings (SSSR count). The molecule has 3 heteroatoms. The minimum atomic E-state index is -3.06. The van der Waals surface area contributed by atoms with Crippen LogP contribution in [0.3, 0.4) is 0 Å². The molecule has 0 amide bonds. The van der Waals surface area contributed by atoms with E-state index in [4.69, 9.17) is 0 Å². The van der Waals surface area contributed by atoms with E-state index >= 15 is 0 Å². The van der Waals surface area contributed by atoms with Crippen LogP contribution in [-0.2, 0) is 9.84 Å². The normalized spacial score (nSPS) is 11.6.